The molecular weight excluding hydrogens is 268 g/mol. The second-order valence-corrected chi connectivity index (χ2v) is 5.76. The molecule has 116 valence electrons. The Morgan fingerprint density at radius 2 is 1.68 bits per heavy atom. The summed E-state index contributed by atoms with van der Waals surface area (Å²) in [6, 6.07) is 12.7. The summed E-state index contributed by atoms with van der Waals surface area (Å²) in [5.74, 6) is 0. The summed E-state index contributed by atoms with van der Waals surface area (Å²) in [7, 11) is 0. The van der Waals surface area contributed by atoms with Gasteiger partial charge in [0, 0.05) is 16.6 Å². The van der Waals surface area contributed by atoms with E-state index in [0.717, 1.165) is 35.3 Å². The molecule has 0 aliphatic carbocycles. The van der Waals surface area contributed by atoms with Gasteiger partial charge in [-0.3, -0.25) is 4.99 Å². The monoisotopic (exact) mass is 294 g/mol. The van der Waals surface area contributed by atoms with Gasteiger partial charge in [-0.25, -0.2) is 0 Å². The Bertz CT molecular complexity index is 777. The molecular formula is C20H26N2. The molecule has 0 atom stereocenters. The molecule has 22 heavy (non-hydrogen) atoms. The molecule has 0 fully saturated rings. The maximum atomic E-state index is 4.74. The van der Waals surface area contributed by atoms with Crippen LogP contribution < -0.4 is 10.6 Å². The maximum Gasteiger partial charge on any atom is 0.0673 e. The van der Waals surface area contributed by atoms with Crippen LogP contribution in [-0.2, 0) is 0 Å². The molecule has 0 saturated carbocycles. The number of hydrogen-bond donors (Lipinski definition) is 1. The molecule has 0 saturated heterocycles. The molecule has 2 rings (SSSR count). The van der Waals surface area contributed by atoms with Crippen molar-refractivity contribution in [3.63, 3.8) is 0 Å². The zero-order chi connectivity index (χ0) is 16.1. The minimum Gasteiger partial charge on any atom is -0.353 e. The minimum atomic E-state index is 0.982. The molecule has 1 aromatic heterocycles. The molecule has 0 spiro atoms. The Morgan fingerprint density at radius 1 is 1.00 bits per heavy atom. The fraction of sp³-hybridized carbons (Fsp3) is 0.350. The molecule has 2 nitrogen and oxygen atoms in total. The van der Waals surface area contributed by atoms with Gasteiger partial charge in [0.2, 0.25) is 0 Å². The number of hydrogen-bond acceptors (Lipinski definition) is 1. The van der Waals surface area contributed by atoms with Crippen molar-refractivity contribution >= 4 is 17.0 Å². The van der Waals surface area contributed by atoms with E-state index in [2.05, 4.69) is 69.9 Å². The third-order valence-corrected chi connectivity index (χ3v) is 4.12. The average Bonchev–Trinajstić information content (AvgIpc) is 3.00. The van der Waals surface area contributed by atoms with Crippen molar-refractivity contribution in [1.82, 2.24) is 4.98 Å². The molecule has 0 radical (unpaired) electrons. The Balaban J connectivity index is 2.74. The van der Waals surface area contributed by atoms with Crippen molar-refractivity contribution in [2.24, 2.45) is 4.99 Å². The van der Waals surface area contributed by atoms with E-state index >= 15 is 0 Å². The normalized spacial score (nSPS) is 14.9. The number of benzene rings is 1. The highest BCUT2D eigenvalue weighted by atomic mass is 14.8. The van der Waals surface area contributed by atoms with Crippen molar-refractivity contribution in [3.05, 3.63) is 47.0 Å². The van der Waals surface area contributed by atoms with Crippen LogP contribution in [0, 0.1) is 0 Å². The largest absolute Gasteiger partial charge is 0.353 e. The summed E-state index contributed by atoms with van der Waals surface area (Å²) in [4.78, 5) is 8.32. The molecule has 1 heterocycles. The summed E-state index contributed by atoms with van der Waals surface area (Å²) in [6.45, 7) is 10.7. The molecule has 0 bridgehead atoms. The summed E-state index contributed by atoms with van der Waals surface area (Å²) in [5, 5.41) is 2.43. The lowest BCUT2D eigenvalue weighted by Crippen LogP contribution is -2.26. The SMILES string of the molecule is CCC(C)=N/C(C)=c1/[nH]c(-c2ccccc2)cc1=C(C)CC. The number of nitrogens with one attached hydrogen (secondary N) is 1. The van der Waals surface area contributed by atoms with Crippen molar-refractivity contribution in [2.45, 2.75) is 47.5 Å². The number of rotatable bonds is 4. The number of aromatic nitrogens is 1. The van der Waals surface area contributed by atoms with E-state index in [1.54, 1.807) is 0 Å². The zero-order valence-electron chi connectivity index (χ0n) is 14.3. The fourth-order valence-electron chi connectivity index (χ4n) is 2.46. The summed E-state index contributed by atoms with van der Waals surface area (Å²) in [5.41, 5.74) is 5.97. The second kappa shape index (κ2) is 7.26. The van der Waals surface area contributed by atoms with Gasteiger partial charge in [-0.2, -0.15) is 0 Å². The quantitative estimate of drug-likeness (QED) is 0.816. The third-order valence-electron chi connectivity index (χ3n) is 4.12. The Morgan fingerprint density at radius 3 is 2.27 bits per heavy atom. The highest BCUT2D eigenvalue weighted by Crippen LogP contribution is 2.14. The van der Waals surface area contributed by atoms with Crippen molar-refractivity contribution in [3.8, 4) is 11.3 Å². The zero-order valence-corrected chi connectivity index (χ0v) is 14.3. The van der Waals surface area contributed by atoms with Gasteiger partial charge in [0.15, 0.2) is 0 Å². The predicted octanol–water partition coefficient (Wildman–Crippen LogP) is 4.26. The lowest BCUT2D eigenvalue weighted by atomic mass is 10.1. The van der Waals surface area contributed by atoms with Crippen LogP contribution in [-0.4, -0.2) is 10.7 Å². The number of H-pyrrole nitrogens is 1. The molecule has 0 aliphatic rings. The third kappa shape index (κ3) is 3.56. The van der Waals surface area contributed by atoms with Gasteiger partial charge >= 0.3 is 0 Å². The van der Waals surface area contributed by atoms with Gasteiger partial charge < -0.3 is 4.98 Å². The first-order valence-electron chi connectivity index (χ1n) is 8.06. The molecule has 0 aliphatic heterocycles. The van der Waals surface area contributed by atoms with Crippen LogP contribution in [0.5, 0.6) is 0 Å². The Labute approximate surface area is 133 Å². The molecule has 2 aromatic rings. The van der Waals surface area contributed by atoms with Gasteiger partial charge in [-0.15, -0.1) is 0 Å². The van der Waals surface area contributed by atoms with E-state index in [1.165, 1.54) is 16.4 Å². The smallest absolute Gasteiger partial charge is 0.0673 e. The van der Waals surface area contributed by atoms with Crippen LogP contribution in [0.3, 0.4) is 0 Å². The van der Waals surface area contributed by atoms with Crippen molar-refractivity contribution in [1.29, 1.82) is 0 Å². The van der Waals surface area contributed by atoms with E-state index in [1.807, 2.05) is 6.07 Å². The van der Waals surface area contributed by atoms with Crippen LogP contribution >= 0.6 is 0 Å². The van der Waals surface area contributed by atoms with Gasteiger partial charge in [0.25, 0.3) is 0 Å². The maximum absolute atomic E-state index is 4.74. The highest BCUT2D eigenvalue weighted by molar-refractivity contribution is 5.85. The number of nitrogens with zero attached hydrogens (tertiary/aromatic N) is 1. The van der Waals surface area contributed by atoms with Crippen LogP contribution in [0.2, 0.25) is 0 Å². The average molecular weight is 294 g/mol. The first kappa shape index (κ1) is 16.3. The molecule has 0 unspecified atom stereocenters. The van der Waals surface area contributed by atoms with E-state index in [-0.39, 0.29) is 0 Å². The molecule has 1 N–H and O–H groups in total. The number of aromatic amines is 1. The van der Waals surface area contributed by atoms with E-state index in [9.17, 15) is 0 Å². The van der Waals surface area contributed by atoms with Gasteiger partial charge in [0.1, 0.15) is 0 Å². The van der Waals surface area contributed by atoms with Crippen LogP contribution in [0.1, 0.15) is 47.5 Å². The van der Waals surface area contributed by atoms with Gasteiger partial charge in [-0.05, 0) is 45.2 Å². The van der Waals surface area contributed by atoms with E-state index in [4.69, 9.17) is 4.99 Å². The van der Waals surface area contributed by atoms with Crippen molar-refractivity contribution in [2.75, 3.05) is 0 Å². The molecule has 2 heteroatoms. The second-order valence-electron chi connectivity index (χ2n) is 5.76. The van der Waals surface area contributed by atoms with E-state index in [0.29, 0.717) is 0 Å². The Hall–Kier alpha value is -2.09. The summed E-state index contributed by atoms with van der Waals surface area (Å²) < 4.78 is 0. The van der Waals surface area contributed by atoms with Crippen molar-refractivity contribution < 1.29 is 0 Å². The topological polar surface area (TPSA) is 28.1 Å². The Kier molecular flexibility index (Phi) is 5.37. The predicted molar refractivity (Wildman–Crippen MR) is 97.3 cm³/mol. The van der Waals surface area contributed by atoms with Gasteiger partial charge in [0.05, 0.1) is 11.0 Å². The minimum absolute atomic E-state index is 0.982. The van der Waals surface area contributed by atoms with Crippen LogP contribution in [0.25, 0.3) is 22.5 Å². The highest BCUT2D eigenvalue weighted by Gasteiger charge is 2.04. The first-order chi connectivity index (χ1) is 10.6. The lowest BCUT2D eigenvalue weighted by molar-refractivity contribution is 1.18. The number of aliphatic imine (C=N–C) groups is 1. The standard InChI is InChI=1S/C20H26N2/c1-6-14(3)18-13-19(17-11-9-8-10-12-17)22-20(18)16(5)21-15(4)7-2/h8-13,22H,6-7H2,1-5H3/b18-14?,20-16+,21-15?. The van der Waals surface area contributed by atoms with Crippen LogP contribution in [0.4, 0.5) is 0 Å². The van der Waals surface area contributed by atoms with Gasteiger partial charge in [-0.1, -0.05) is 49.8 Å². The summed E-state index contributed by atoms with van der Waals surface area (Å²) >= 11 is 0. The van der Waals surface area contributed by atoms with Crippen LogP contribution in [0.15, 0.2) is 41.4 Å². The lowest BCUT2D eigenvalue weighted by Gasteiger charge is -1.98. The first-order valence-corrected chi connectivity index (χ1v) is 8.06. The van der Waals surface area contributed by atoms with E-state index < -0.39 is 0 Å². The summed E-state index contributed by atoms with van der Waals surface area (Å²) in [6.07, 6.45) is 2.03. The molecule has 0 amide bonds. The molecule has 1 aromatic carbocycles. The fourth-order valence-corrected chi connectivity index (χ4v) is 2.46.